The maximum absolute atomic E-state index is 13.4. The Kier molecular flexibility index (Phi) is 5.83. The van der Waals surface area contributed by atoms with Crippen molar-refractivity contribution >= 4 is 5.69 Å². The van der Waals surface area contributed by atoms with Gasteiger partial charge in [-0.2, -0.15) is 0 Å². The van der Waals surface area contributed by atoms with Crippen molar-refractivity contribution in [3.63, 3.8) is 0 Å². The maximum Gasteiger partial charge on any atom is 0.269 e. The SMILES string of the molecule is COc1cc(C(C)NCC(O)c2cccc([N+](=O)[O-])c2)ccc1F. The van der Waals surface area contributed by atoms with E-state index in [1.54, 1.807) is 18.2 Å². The lowest BCUT2D eigenvalue weighted by Crippen LogP contribution is -2.24. The van der Waals surface area contributed by atoms with Gasteiger partial charge in [-0.1, -0.05) is 18.2 Å². The van der Waals surface area contributed by atoms with E-state index in [0.717, 1.165) is 5.56 Å². The van der Waals surface area contributed by atoms with E-state index in [2.05, 4.69) is 5.32 Å². The number of nitro benzene ring substituents is 1. The molecular weight excluding hydrogens is 315 g/mol. The Bertz CT molecular complexity index is 723. The summed E-state index contributed by atoms with van der Waals surface area (Å²) < 4.78 is 18.4. The van der Waals surface area contributed by atoms with Crippen molar-refractivity contribution in [2.24, 2.45) is 0 Å². The van der Waals surface area contributed by atoms with Crippen molar-refractivity contribution in [3.05, 3.63) is 69.5 Å². The lowest BCUT2D eigenvalue weighted by molar-refractivity contribution is -0.385. The molecule has 0 saturated heterocycles. The third-order valence-electron chi connectivity index (χ3n) is 3.76. The summed E-state index contributed by atoms with van der Waals surface area (Å²) in [7, 11) is 1.40. The standard InChI is InChI=1S/C17H19FN2O4/c1-11(12-6-7-15(18)17(9-12)24-2)19-10-16(21)13-4-3-5-14(8-13)20(22)23/h3-9,11,16,19,21H,10H2,1-2H3. The van der Waals surface area contributed by atoms with Gasteiger partial charge in [-0.3, -0.25) is 10.1 Å². The zero-order valence-electron chi connectivity index (χ0n) is 13.4. The summed E-state index contributed by atoms with van der Waals surface area (Å²) in [4.78, 5) is 10.3. The van der Waals surface area contributed by atoms with Gasteiger partial charge in [0.2, 0.25) is 0 Å². The molecule has 128 valence electrons. The van der Waals surface area contributed by atoms with Crippen LogP contribution < -0.4 is 10.1 Å². The van der Waals surface area contributed by atoms with Crippen LogP contribution in [0.5, 0.6) is 5.75 Å². The van der Waals surface area contributed by atoms with Crippen LogP contribution in [0, 0.1) is 15.9 Å². The first-order chi connectivity index (χ1) is 11.4. The van der Waals surface area contributed by atoms with Gasteiger partial charge < -0.3 is 15.2 Å². The largest absolute Gasteiger partial charge is 0.494 e. The molecule has 2 N–H and O–H groups in total. The monoisotopic (exact) mass is 334 g/mol. The fourth-order valence-corrected chi connectivity index (χ4v) is 2.32. The van der Waals surface area contributed by atoms with Crippen molar-refractivity contribution < 1.29 is 19.2 Å². The number of methoxy groups -OCH3 is 1. The highest BCUT2D eigenvalue weighted by Gasteiger charge is 2.15. The number of rotatable bonds is 7. The summed E-state index contributed by atoms with van der Waals surface area (Å²) >= 11 is 0. The van der Waals surface area contributed by atoms with E-state index < -0.39 is 16.8 Å². The molecule has 2 aromatic rings. The van der Waals surface area contributed by atoms with Crippen LogP contribution in [0.25, 0.3) is 0 Å². The highest BCUT2D eigenvalue weighted by atomic mass is 19.1. The predicted octanol–water partition coefficient (Wildman–Crippen LogP) is 3.13. The molecule has 7 heteroatoms. The fourth-order valence-electron chi connectivity index (χ4n) is 2.32. The average Bonchev–Trinajstić information content (AvgIpc) is 2.59. The lowest BCUT2D eigenvalue weighted by Gasteiger charge is -2.18. The summed E-state index contributed by atoms with van der Waals surface area (Å²) in [6, 6.07) is 10.3. The number of non-ortho nitro benzene ring substituents is 1. The third kappa shape index (κ3) is 4.27. The normalized spacial score (nSPS) is 13.3. The molecule has 0 fully saturated rings. The van der Waals surface area contributed by atoms with Gasteiger partial charge in [0, 0.05) is 24.7 Å². The van der Waals surface area contributed by atoms with E-state index in [1.807, 2.05) is 6.92 Å². The molecule has 0 aromatic heterocycles. The first-order valence-electron chi connectivity index (χ1n) is 7.41. The Morgan fingerprint density at radius 1 is 1.29 bits per heavy atom. The van der Waals surface area contributed by atoms with Crippen LogP contribution in [-0.4, -0.2) is 23.7 Å². The van der Waals surface area contributed by atoms with Gasteiger partial charge in [-0.05, 0) is 30.2 Å². The average molecular weight is 334 g/mol. The second-order valence-corrected chi connectivity index (χ2v) is 5.39. The number of hydrogen-bond acceptors (Lipinski definition) is 5. The third-order valence-corrected chi connectivity index (χ3v) is 3.76. The Morgan fingerprint density at radius 3 is 2.71 bits per heavy atom. The Labute approximate surface area is 139 Å². The van der Waals surface area contributed by atoms with Gasteiger partial charge >= 0.3 is 0 Å². The van der Waals surface area contributed by atoms with Gasteiger partial charge in [0.15, 0.2) is 11.6 Å². The zero-order valence-corrected chi connectivity index (χ0v) is 13.4. The van der Waals surface area contributed by atoms with Crippen molar-refractivity contribution in [1.29, 1.82) is 0 Å². The van der Waals surface area contributed by atoms with Gasteiger partial charge in [-0.15, -0.1) is 0 Å². The first kappa shape index (κ1) is 17.8. The minimum atomic E-state index is -0.894. The van der Waals surface area contributed by atoms with Crippen LogP contribution in [0.1, 0.15) is 30.2 Å². The van der Waals surface area contributed by atoms with E-state index in [0.29, 0.717) is 5.56 Å². The van der Waals surface area contributed by atoms with Crippen LogP contribution >= 0.6 is 0 Å². The Morgan fingerprint density at radius 2 is 2.04 bits per heavy atom. The molecule has 0 bridgehead atoms. The van der Waals surface area contributed by atoms with Gasteiger partial charge in [0.05, 0.1) is 18.1 Å². The number of nitrogens with one attached hydrogen (secondary N) is 1. The van der Waals surface area contributed by atoms with E-state index >= 15 is 0 Å². The summed E-state index contributed by atoms with van der Waals surface area (Å²) in [5, 5.41) is 24.1. The molecule has 2 aromatic carbocycles. The molecule has 0 saturated carbocycles. The van der Waals surface area contributed by atoms with Crippen molar-refractivity contribution in [3.8, 4) is 5.75 Å². The van der Waals surface area contributed by atoms with E-state index in [1.165, 1.54) is 31.4 Å². The number of aliphatic hydroxyl groups is 1. The number of aliphatic hydroxyl groups excluding tert-OH is 1. The summed E-state index contributed by atoms with van der Waals surface area (Å²) in [6.07, 6.45) is -0.894. The smallest absolute Gasteiger partial charge is 0.269 e. The molecule has 0 aliphatic rings. The lowest BCUT2D eigenvalue weighted by atomic mass is 10.1. The van der Waals surface area contributed by atoms with Crippen molar-refractivity contribution in [1.82, 2.24) is 5.32 Å². The second-order valence-electron chi connectivity index (χ2n) is 5.39. The molecule has 2 unspecified atom stereocenters. The van der Waals surface area contributed by atoms with E-state index in [4.69, 9.17) is 4.74 Å². The number of benzene rings is 2. The summed E-state index contributed by atoms with van der Waals surface area (Å²) in [5.41, 5.74) is 1.20. The second kappa shape index (κ2) is 7.85. The van der Waals surface area contributed by atoms with Gasteiger partial charge in [-0.25, -0.2) is 4.39 Å². The summed E-state index contributed by atoms with van der Waals surface area (Å²) in [6.45, 7) is 2.06. The van der Waals surface area contributed by atoms with Crippen molar-refractivity contribution in [2.45, 2.75) is 19.1 Å². The molecule has 0 radical (unpaired) electrons. The molecule has 24 heavy (non-hydrogen) atoms. The van der Waals surface area contributed by atoms with Crippen LogP contribution in [0.2, 0.25) is 0 Å². The minimum Gasteiger partial charge on any atom is -0.494 e. The Balaban J connectivity index is 2.02. The maximum atomic E-state index is 13.4. The van der Waals surface area contributed by atoms with Crippen LogP contribution in [0.4, 0.5) is 10.1 Å². The number of halogens is 1. The highest BCUT2D eigenvalue weighted by molar-refractivity contribution is 5.35. The van der Waals surface area contributed by atoms with Gasteiger partial charge in [0.1, 0.15) is 0 Å². The molecule has 0 aliphatic heterocycles. The predicted molar refractivity (Wildman–Crippen MR) is 87.4 cm³/mol. The molecular formula is C17H19FN2O4. The van der Waals surface area contributed by atoms with E-state index in [9.17, 15) is 19.6 Å². The van der Waals surface area contributed by atoms with Crippen LogP contribution in [0.15, 0.2) is 42.5 Å². The van der Waals surface area contributed by atoms with Crippen LogP contribution in [-0.2, 0) is 0 Å². The number of hydrogen-bond donors (Lipinski definition) is 2. The van der Waals surface area contributed by atoms with Crippen molar-refractivity contribution in [2.75, 3.05) is 13.7 Å². The number of ether oxygens (including phenoxy) is 1. The molecule has 6 nitrogen and oxygen atoms in total. The first-order valence-corrected chi connectivity index (χ1v) is 7.41. The minimum absolute atomic E-state index is 0.0668. The topological polar surface area (TPSA) is 84.6 Å². The molecule has 2 atom stereocenters. The molecule has 0 aliphatic carbocycles. The number of nitrogens with zero attached hydrogens (tertiary/aromatic N) is 1. The zero-order chi connectivity index (χ0) is 17.7. The Hall–Kier alpha value is -2.51. The van der Waals surface area contributed by atoms with Gasteiger partial charge in [0.25, 0.3) is 5.69 Å². The molecule has 0 heterocycles. The molecule has 0 amide bonds. The van der Waals surface area contributed by atoms with Crippen LogP contribution in [0.3, 0.4) is 0 Å². The van der Waals surface area contributed by atoms with E-state index in [-0.39, 0.29) is 24.0 Å². The quantitative estimate of drug-likeness (QED) is 0.600. The fraction of sp³-hybridized carbons (Fsp3) is 0.294. The molecule has 2 rings (SSSR count). The number of nitro groups is 1. The highest BCUT2D eigenvalue weighted by Crippen LogP contribution is 2.23. The summed E-state index contributed by atoms with van der Waals surface area (Å²) in [5.74, 6) is -0.287. The molecule has 0 spiro atoms.